The summed E-state index contributed by atoms with van der Waals surface area (Å²) in [4.78, 5) is 29.0. The van der Waals surface area contributed by atoms with Gasteiger partial charge >= 0.3 is 6.09 Å². The molecule has 35 heavy (non-hydrogen) atoms. The van der Waals surface area contributed by atoms with Crippen molar-refractivity contribution in [3.8, 4) is 17.5 Å². The lowest BCUT2D eigenvalue weighted by Gasteiger charge is -2.34. The first-order valence-corrected chi connectivity index (χ1v) is 11.1. The van der Waals surface area contributed by atoms with E-state index in [2.05, 4.69) is 25.9 Å². The first-order chi connectivity index (χ1) is 16.7. The number of anilines is 2. The largest absolute Gasteiger partial charge is 0.441 e. The van der Waals surface area contributed by atoms with Crippen molar-refractivity contribution < 1.29 is 18.7 Å². The molecule has 12 heteroatoms. The van der Waals surface area contributed by atoms with E-state index in [-0.39, 0.29) is 24.6 Å². The van der Waals surface area contributed by atoms with Gasteiger partial charge in [0.2, 0.25) is 5.91 Å². The summed E-state index contributed by atoms with van der Waals surface area (Å²) in [5.41, 5.74) is -0.173. The summed E-state index contributed by atoms with van der Waals surface area (Å²) in [5, 5.41) is 22.5. The first kappa shape index (κ1) is 24.1. The van der Waals surface area contributed by atoms with Gasteiger partial charge in [0.25, 0.3) is 0 Å². The van der Waals surface area contributed by atoms with Gasteiger partial charge in [0.15, 0.2) is 17.2 Å². The first-order valence-electron chi connectivity index (χ1n) is 10.7. The van der Waals surface area contributed by atoms with Crippen molar-refractivity contribution in [3.63, 3.8) is 0 Å². The Morgan fingerprint density at radius 3 is 2.69 bits per heavy atom. The molecule has 0 bridgehead atoms. The minimum absolute atomic E-state index is 0.124. The van der Waals surface area contributed by atoms with Crippen molar-refractivity contribution in [1.82, 2.24) is 20.0 Å². The fourth-order valence-corrected chi connectivity index (χ4v) is 3.96. The maximum absolute atomic E-state index is 13.7. The van der Waals surface area contributed by atoms with Crippen molar-refractivity contribution >= 4 is 35.1 Å². The van der Waals surface area contributed by atoms with Crippen molar-refractivity contribution in [2.24, 2.45) is 13.0 Å². The van der Waals surface area contributed by atoms with E-state index in [4.69, 9.17) is 21.6 Å². The number of carbonyl (C=O) groups excluding carboxylic acids is 2. The van der Waals surface area contributed by atoms with E-state index in [1.807, 2.05) is 0 Å². The van der Waals surface area contributed by atoms with E-state index in [0.29, 0.717) is 27.7 Å². The van der Waals surface area contributed by atoms with Crippen LogP contribution in [0.1, 0.15) is 31.4 Å². The summed E-state index contributed by atoms with van der Waals surface area (Å²) in [6, 6.07) is 11.8. The molecule has 2 heterocycles. The molecule has 4 rings (SSSR count). The van der Waals surface area contributed by atoms with Crippen molar-refractivity contribution in [1.29, 1.82) is 5.26 Å². The van der Waals surface area contributed by atoms with Gasteiger partial charge < -0.3 is 10.1 Å². The number of aromatic nitrogens is 4. The summed E-state index contributed by atoms with van der Waals surface area (Å²) >= 11 is 6.17. The van der Waals surface area contributed by atoms with Gasteiger partial charge in [0.05, 0.1) is 17.6 Å². The summed E-state index contributed by atoms with van der Waals surface area (Å²) in [5.74, 6) is -0.675. The highest BCUT2D eigenvalue weighted by Crippen LogP contribution is 2.41. The maximum atomic E-state index is 13.7. The number of amides is 2. The molecule has 0 spiro atoms. The number of rotatable bonds is 6. The second-order valence-electron chi connectivity index (χ2n) is 8.21. The molecule has 180 valence electrons. The van der Waals surface area contributed by atoms with Gasteiger partial charge in [-0.25, -0.2) is 13.9 Å². The number of aryl methyl sites for hydroxylation is 1. The highest BCUT2D eigenvalue weighted by atomic mass is 35.5. The van der Waals surface area contributed by atoms with Crippen LogP contribution in [0, 0.1) is 17.2 Å². The highest BCUT2D eigenvalue weighted by Gasteiger charge is 2.48. The average molecular weight is 498 g/mol. The normalized spacial score (nSPS) is 19.7. The summed E-state index contributed by atoms with van der Waals surface area (Å²) < 4.78 is 20.5. The van der Waals surface area contributed by atoms with Crippen LogP contribution in [-0.4, -0.2) is 37.6 Å². The molecule has 1 aliphatic carbocycles. The van der Waals surface area contributed by atoms with E-state index in [0.717, 1.165) is 0 Å². The number of nitrogens with one attached hydrogen (secondary N) is 2. The molecular formula is C23H21ClFN7O3. The Hall–Kier alpha value is -4.04. The zero-order valence-electron chi connectivity index (χ0n) is 18.8. The monoisotopic (exact) mass is 497 g/mol. The fourth-order valence-electron chi connectivity index (χ4n) is 3.67. The minimum atomic E-state index is -1.92. The standard InChI is InChI=1S/C23H21ClFN7O3/c1-13(16-5-3-4-6-17(16)24)35-22(34)29-20-19(30-31-32(20)2)18-8-7-15(11-27-18)28-21(33)14-9-23(25,10-14)12-26/h3-8,11,13-14H,9-10H2,1-2H3,(H,28,33)(H,29,34)/t13-,14?,23?/m1/s1. The highest BCUT2D eigenvalue weighted by molar-refractivity contribution is 6.31. The van der Waals surface area contributed by atoms with Gasteiger partial charge in [-0.05, 0) is 25.1 Å². The molecule has 2 amide bonds. The van der Waals surface area contributed by atoms with Crippen LogP contribution in [0.15, 0.2) is 42.6 Å². The van der Waals surface area contributed by atoms with Crippen LogP contribution in [0.5, 0.6) is 0 Å². The summed E-state index contributed by atoms with van der Waals surface area (Å²) in [7, 11) is 1.60. The van der Waals surface area contributed by atoms with Gasteiger partial charge in [-0.1, -0.05) is 35.0 Å². The number of hydrogen-bond donors (Lipinski definition) is 2. The van der Waals surface area contributed by atoms with Crippen LogP contribution in [0.25, 0.3) is 11.4 Å². The molecule has 0 saturated heterocycles. The SMILES string of the molecule is C[C@@H](OC(=O)Nc1c(-c2ccc(NC(=O)C3CC(F)(C#N)C3)cn2)nnn1C)c1ccccc1Cl. The van der Waals surface area contributed by atoms with Crippen LogP contribution >= 0.6 is 11.6 Å². The van der Waals surface area contributed by atoms with Crippen LogP contribution in [0.4, 0.5) is 20.7 Å². The van der Waals surface area contributed by atoms with Gasteiger partial charge in [-0.3, -0.25) is 15.1 Å². The third-order valence-electron chi connectivity index (χ3n) is 5.66. The minimum Gasteiger partial charge on any atom is -0.441 e. The Balaban J connectivity index is 1.41. The third kappa shape index (κ3) is 5.22. The van der Waals surface area contributed by atoms with E-state index in [1.54, 1.807) is 56.4 Å². The summed E-state index contributed by atoms with van der Waals surface area (Å²) in [6.45, 7) is 1.70. The number of nitrogens with zero attached hydrogens (tertiary/aromatic N) is 5. The second kappa shape index (κ2) is 9.68. The Bertz CT molecular complexity index is 1300. The van der Waals surface area contributed by atoms with Gasteiger partial charge in [-0.2, -0.15) is 5.26 Å². The number of nitriles is 1. The van der Waals surface area contributed by atoms with Crippen LogP contribution in [0.2, 0.25) is 5.02 Å². The van der Waals surface area contributed by atoms with Gasteiger partial charge in [-0.15, -0.1) is 5.10 Å². The van der Waals surface area contributed by atoms with Crippen LogP contribution < -0.4 is 10.6 Å². The number of carbonyl (C=O) groups is 2. The molecule has 1 aliphatic rings. The molecule has 3 aromatic rings. The lowest BCUT2D eigenvalue weighted by Crippen LogP contribution is -2.44. The average Bonchev–Trinajstić information content (AvgIpc) is 3.17. The Morgan fingerprint density at radius 1 is 1.29 bits per heavy atom. The van der Waals surface area contributed by atoms with Crippen LogP contribution in [-0.2, 0) is 16.6 Å². The Labute approximate surface area is 205 Å². The fraction of sp³-hybridized carbons (Fsp3) is 0.304. The Kier molecular flexibility index (Phi) is 6.66. The van der Waals surface area contributed by atoms with E-state index < -0.39 is 23.8 Å². The van der Waals surface area contributed by atoms with Crippen LogP contribution in [0.3, 0.4) is 0 Å². The van der Waals surface area contributed by atoms with Crippen molar-refractivity contribution in [2.75, 3.05) is 10.6 Å². The molecule has 1 atom stereocenters. The van der Waals surface area contributed by atoms with Crippen molar-refractivity contribution in [2.45, 2.75) is 31.5 Å². The maximum Gasteiger partial charge on any atom is 0.413 e. The van der Waals surface area contributed by atoms with Crippen molar-refractivity contribution in [3.05, 3.63) is 53.2 Å². The second-order valence-corrected chi connectivity index (χ2v) is 8.62. The predicted molar refractivity (Wildman–Crippen MR) is 125 cm³/mol. The zero-order chi connectivity index (χ0) is 25.2. The third-order valence-corrected chi connectivity index (χ3v) is 6.00. The molecular weight excluding hydrogens is 477 g/mol. The topological polar surface area (TPSA) is 135 Å². The predicted octanol–water partition coefficient (Wildman–Crippen LogP) is 4.42. The number of ether oxygens (including phenoxy) is 1. The van der Waals surface area contributed by atoms with E-state index in [1.165, 1.54) is 10.9 Å². The number of benzene rings is 1. The number of hydrogen-bond acceptors (Lipinski definition) is 7. The lowest BCUT2D eigenvalue weighted by atomic mass is 9.72. The van der Waals surface area contributed by atoms with E-state index >= 15 is 0 Å². The molecule has 2 N–H and O–H groups in total. The molecule has 1 aromatic carbocycles. The number of pyridine rings is 1. The smallest absolute Gasteiger partial charge is 0.413 e. The molecule has 0 aliphatic heterocycles. The lowest BCUT2D eigenvalue weighted by molar-refractivity contribution is -0.126. The Morgan fingerprint density at radius 2 is 2.03 bits per heavy atom. The number of alkyl halides is 1. The van der Waals surface area contributed by atoms with E-state index in [9.17, 15) is 14.0 Å². The molecule has 2 aromatic heterocycles. The number of halogens is 2. The molecule has 1 fully saturated rings. The van der Waals surface area contributed by atoms with Gasteiger partial charge in [0, 0.05) is 36.4 Å². The molecule has 0 radical (unpaired) electrons. The molecule has 1 saturated carbocycles. The zero-order valence-corrected chi connectivity index (χ0v) is 19.6. The molecule has 10 nitrogen and oxygen atoms in total. The summed E-state index contributed by atoms with van der Waals surface area (Å²) in [6.07, 6.45) is -0.160. The quantitative estimate of drug-likeness (QED) is 0.514. The molecule has 0 unspecified atom stereocenters. The van der Waals surface area contributed by atoms with Gasteiger partial charge in [0.1, 0.15) is 12.2 Å².